The molecule has 18 heavy (non-hydrogen) atoms. The summed E-state index contributed by atoms with van der Waals surface area (Å²) < 4.78 is 5.70. The summed E-state index contributed by atoms with van der Waals surface area (Å²) >= 11 is 0. The van der Waals surface area contributed by atoms with Gasteiger partial charge in [-0.15, -0.1) is 0 Å². The van der Waals surface area contributed by atoms with Crippen molar-refractivity contribution in [3.8, 4) is 0 Å². The van der Waals surface area contributed by atoms with Crippen LogP contribution in [0.25, 0.3) is 0 Å². The Bertz CT molecular complexity index is 216. The molecular weight excluding hydrogens is 228 g/mol. The Morgan fingerprint density at radius 2 is 2.06 bits per heavy atom. The van der Waals surface area contributed by atoms with Gasteiger partial charge in [0.25, 0.3) is 0 Å². The third-order valence-electron chi connectivity index (χ3n) is 3.32. The zero-order chi connectivity index (χ0) is 13.1. The van der Waals surface area contributed by atoms with Crippen molar-refractivity contribution < 1.29 is 9.53 Å². The van der Waals surface area contributed by atoms with E-state index in [2.05, 4.69) is 17.6 Å². The maximum atomic E-state index is 11.5. The van der Waals surface area contributed by atoms with Crippen molar-refractivity contribution in [2.75, 3.05) is 26.2 Å². The highest BCUT2D eigenvalue weighted by Crippen LogP contribution is 2.07. The minimum Gasteiger partial charge on any atom is -0.378 e. The SMILES string of the molecule is CCCCCCNC(=O)CCOC1CCNCC1. The average Bonchev–Trinajstić information content (AvgIpc) is 2.40. The maximum Gasteiger partial charge on any atom is 0.222 e. The van der Waals surface area contributed by atoms with Gasteiger partial charge in [-0.2, -0.15) is 0 Å². The van der Waals surface area contributed by atoms with Gasteiger partial charge in [-0.05, 0) is 32.4 Å². The van der Waals surface area contributed by atoms with E-state index in [1.54, 1.807) is 0 Å². The van der Waals surface area contributed by atoms with Gasteiger partial charge in [0.15, 0.2) is 0 Å². The van der Waals surface area contributed by atoms with Crippen LogP contribution in [0.2, 0.25) is 0 Å². The van der Waals surface area contributed by atoms with Crippen LogP contribution in [0.15, 0.2) is 0 Å². The van der Waals surface area contributed by atoms with E-state index in [1.807, 2.05) is 0 Å². The number of rotatable bonds is 9. The summed E-state index contributed by atoms with van der Waals surface area (Å²) in [7, 11) is 0. The second-order valence-corrected chi connectivity index (χ2v) is 4.98. The third-order valence-corrected chi connectivity index (χ3v) is 3.32. The first-order valence-electron chi connectivity index (χ1n) is 7.42. The zero-order valence-corrected chi connectivity index (χ0v) is 11.7. The van der Waals surface area contributed by atoms with Gasteiger partial charge in [0.1, 0.15) is 0 Å². The molecule has 1 aliphatic heterocycles. The molecule has 0 unspecified atom stereocenters. The summed E-state index contributed by atoms with van der Waals surface area (Å²) in [6.45, 7) is 5.64. The zero-order valence-electron chi connectivity index (χ0n) is 11.7. The number of ether oxygens (including phenoxy) is 1. The van der Waals surface area contributed by atoms with Crippen molar-refractivity contribution in [2.45, 2.75) is 58.0 Å². The lowest BCUT2D eigenvalue weighted by molar-refractivity contribution is -0.122. The minimum absolute atomic E-state index is 0.125. The van der Waals surface area contributed by atoms with E-state index < -0.39 is 0 Å². The number of piperidine rings is 1. The van der Waals surface area contributed by atoms with Gasteiger partial charge in [0.05, 0.1) is 12.7 Å². The van der Waals surface area contributed by atoms with Crippen LogP contribution >= 0.6 is 0 Å². The predicted molar refractivity (Wildman–Crippen MR) is 73.6 cm³/mol. The van der Waals surface area contributed by atoms with Crippen molar-refractivity contribution >= 4 is 5.91 Å². The molecule has 0 radical (unpaired) electrons. The van der Waals surface area contributed by atoms with Gasteiger partial charge in [0.2, 0.25) is 5.91 Å². The Kier molecular flexibility index (Phi) is 8.86. The molecular formula is C14H28N2O2. The van der Waals surface area contributed by atoms with Crippen molar-refractivity contribution in [2.24, 2.45) is 0 Å². The number of hydrogen-bond donors (Lipinski definition) is 2. The second-order valence-electron chi connectivity index (χ2n) is 4.98. The van der Waals surface area contributed by atoms with E-state index in [0.29, 0.717) is 19.1 Å². The van der Waals surface area contributed by atoms with Gasteiger partial charge >= 0.3 is 0 Å². The molecule has 4 nitrogen and oxygen atoms in total. The lowest BCUT2D eigenvalue weighted by atomic mass is 10.1. The van der Waals surface area contributed by atoms with Gasteiger partial charge in [-0.1, -0.05) is 26.2 Å². The molecule has 106 valence electrons. The van der Waals surface area contributed by atoms with Gasteiger partial charge in [-0.3, -0.25) is 4.79 Å². The average molecular weight is 256 g/mol. The standard InChI is InChI=1S/C14H28N2O2/c1-2-3-4-5-9-16-14(17)8-12-18-13-6-10-15-11-7-13/h13,15H,2-12H2,1H3,(H,16,17). The minimum atomic E-state index is 0.125. The molecule has 1 saturated heterocycles. The summed E-state index contributed by atoms with van der Waals surface area (Å²) in [5.74, 6) is 0.125. The number of nitrogens with one attached hydrogen (secondary N) is 2. The van der Waals surface area contributed by atoms with Crippen LogP contribution in [-0.4, -0.2) is 38.3 Å². The van der Waals surface area contributed by atoms with E-state index in [-0.39, 0.29) is 5.91 Å². The van der Waals surface area contributed by atoms with Crippen molar-refractivity contribution in [1.29, 1.82) is 0 Å². The van der Waals surface area contributed by atoms with Crippen LogP contribution in [0, 0.1) is 0 Å². The van der Waals surface area contributed by atoms with Gasteiger partial charge in [0, 0.05) is 13.0 Å². The monoisotopic (exact) mass is 256 g/mol. The van der Waals surface area contributed by atoms with E-state index in [4.69, 9.17) is 4.74 Å². The van der Waals surface area contributed by atoms with Crippen molar-refractivity contribution in [1.82, 2.24) is 10.6 Å². The summed E-state index contributed by atoms with van der Waals surface area (Å²) in [5, 5.41) is 6.25. The van der Waals surface area contributed by atoms with E-state index in [9.17, 15) is 4.79 Å². The summed E-state index contributed by atoms with van der Waals surface area (Å²) in [5.41, 5.74) is 0. The lowest BCUT2D eigenvalue weighted by Gasteiger charge is -2.22. The van der Waals surface area contributed by atoms with E-state index in [1.165, 1.54) is 19.3 Å². The molecule has 0 aromatic rings. The molecule has 0 aromatic heterocycles. The molecule has 2 N–H and O–H groups in total. The second kappa shape index (κ2) is 10.3. The first kappa shape index (κ1) is 15.4. The number of carbonyl (C=O) groups is 1. The van der Waals surface area contributed by atoms with Gasteiger partial charge < -0.3 is 15.4 Å². The number of amides is 1. The largest absolute Gasteiger partial charge is 0.378 e. The number of carbonyl (C=O) groups excluding carboxylic acids is 1. The quantitative estimate of drug-likeness (QED) is 0.619. The van der Waals surface area contributed by atoms with E-state index in [0.717, 1.165) is 38.9 Å². The molecule has 1 rings (SSSR count). The highest BCUT2D eigenvalue weighted by Gasteiger charge is 2.13. The topological polar surface area (TPSA) is 50.4 Å². The first-order chi connectivity index (χ1) is 8.83. The first-order valence-corrected chi connectivity index (χ1v) is 7.42. The third kappa shape index (κ3) is 7.67. The van der Waals surface area contributed by atoms with Crippen LogP contribution in [-0.2, 0) is 9.53 Å². The molecule has 1 aliphatic rings. The Labute approximate surface area is 111 Å². The molecule has 1 heterocycles. The molecule has 0 aliphatic carbocycles. The van der Waals surface area contributed by atoms with Gasteiger partial charge in [-0.25, -0.2) is 0 Å². The Balaban J connectivity index is 1.89. The van der Waals surface area contributed by atoms with Crippen molar-refractivity contribution in [3.63, 3.8) is 0 Å². The summed E-state index contributed by atoms with van der Waals surface area (Å²) in [6.07, 6.45) is 7.78. The maximum absolute atomic E-state index is 11.5. The van der Waals surface area contributed by atoms with Crippen LogP contribution in [0.4, 0.5) is 0 Å². The predicted octanol–water partition coefficient (Wildman–Crippen LogP) is 1.84. The molecule has 0 aromatic carbocycles. The smallest absolute Gasteiger partial charge is 0.222 e. The van der Waals surface area contributed by atoms with Crippen LogP contribution in [0.5, 0.6) is 0 Å². The molecule has 1 amide bonds. The number of hydrogen-bond acceptors (Lipinski definition) is 3. The highest BCUT2D eigenvalue weighted by atomic mass is 16.5. The fourth-order valence-corrected chi connectivity index (χ4v) is 2.15. The van der Waals surface area contributed by atoms with E-state index >= 15 is 0 Å². The molecule has 0 saturated carbocycles. The normalized spacial score (nSPS) is 16.7. The highest BCUT2D eigenvalue weighted by molar-refractivity contribution is 5.75. The molecule has 0 atom stereocenters. The molecule has 0 spiro atoms. The Morgan fingerprint density at radius 1 is 1.28 bits per heavy atom. The molecule has 4 heteroatoms. The summed E-state index contributed by atoms with van der Waals surface area (Å²) in [6, 6.07) is 0. The Morgan fingerprint density at radius 3 is 2.78 bits per heavy atom. The van der Waals surface area contributed by atoms with Crippen LogP contribution in [0.1, 0.15) is 51.9 Å². The van der Waals surface area contributed by atoms with Crippen LogP contribution in [0.3, 0.4) is 0 Å². The fraction of sp³-hybridized carbons (Fsp3) is 0.929. The Hall–Kier alpha value is -0.610. The fourth-order valence-electron chi connectivity index (χ4n) is 2.15. The summed E-state index contributed by atoms with van der Waals surface area (Å²) in [4.78, 5) is 11.5. The molecule has 1 fully saturated rings. The van der Waals surface area contributed by atoms with Crippen molar-refractivity contribution in [3.05, 3.63) is 0 Å². The van der Waals surface area contributed by atoms with Crippen LogP contribution < -0.4 is 10.6 Å². The number of unbranched alkanes of at least 4 members (excludes halogenated alkanes) is 3. The molecule has 0 bridgehead atoms. The lowest BCUT2D eigenvalue weighted by Crippen LogP contribution is -2.33.